The van der Waals surface area contributed by atoms with Gasteiger partial charge in [-0.15, -0.1) is 0 Å². The Balaban J connectivity index is 2.74. The minimum absolute atomic E-state index is 0.0895. The van der Waals surface area contributed by atoms with Gasteiger partial charge in [-0.1, -0.05) is 26.0 Å². The minimum atomic E-state index is -0.257. The fourth-order valence-electron chi connectivity index (χ4n) is 2.40. The molecule has 0 aromatic heterocycles. The number of hydrogen-bond donors (Lipinski definition) is 3. The van der Waals surface area contributed by atoms with Crippen LogP contribution in [0.5, 0.6) is 5.75 Å². The summed E-state index contributed by atoms with van der Waals surface area (Å²) < 4.78 is 5.32. The maximum absolute atomic E-state index is 12.0. The van der Waals surface area contributed by atoms with Crippen molar-refractivity contribution in [3.63, 3.8) is 0 Å². The second-order valence-corrected chi connectivity index (χ2v) is 7.96. The average Bonchev–Trinajstić information content (AvgIpc) is 2.56. The molecule has 0 fully saturated rings. The van der Waals surface area contributed by atoms with Crippen molar-refractivity contribution in [3.8, 4) is 5.75 Å². The predicted molar refractivity (Wildman–Crippen MR) is 108 cm³/mol. The van der Waals surface area contributed by atoms with Gasteiger partial charge in [0.1, 0.15) is 12.3 Å². The average molecular weight is 363 g/mol. The molecule has 6 nitrogen and oxygen atoms in total. The van der Waals surface area contributed by atoms with Crippen LogP contribution in [0.4, 0.5) is 0 Å². The highest BCUT2D eigenvalue weighted by Gasteiger charge is 2.21. The third kappa shape index (κ3) is 7.76. The topological polar surface area (TPSA) is 74.8 Å². The lowest BCUT2D eigenvalue weighted by molar-refractivity contribution is -0.121. The van der Waals surface area contributed by atoms with E-state index in [1.165, 1.54) is 5.56 Å². The van der Waals surface area contributed by atoms with E-state index in [0.717, 1.165) is 12.3 Å². The summed E-state index contributed by atoms with van der Waals surface area (Å²) in [5, 5.41) is 9.43. The van der Waals surface area contributed by atoms with Crippen LogP contribution in [0.1, 0.15) is 47.1 Å². The van der Waals surface area contributed by atoms with Crippen molar-refractivity contribution in [2.24, 2.45) is 4.99 Å². The minimum Gasteiger partial charge on any atom is -0.497 e. The largest absolute Gasteiger partial charge is 0.497 e. The number of rotatable bonds is 7. The number of carbonyl (C=O) groups is 1. The van der Waals surface area contributed by atoms with Crippen molar-refractivity contribution < 1.29 is 9.53 Å². The van der Waals surface area contributed by atoms with E-state index < -0.39 is 0 Å². The van der Waals surface area contributed by atoms with Crippen LogP contribution in [0.15, 0.2) is 29.3 Å². The van der Waals surface area contributed by atoms with Crippen molar-refractivity contribution in [1.82, 2.24) is 16.0 Å². The van der Waals surface area contributed by atoms with Crippen LogP contribution < -0.4 is 20.7 Å². The first-order valence-electron chi connectivity index (χ1n) is 9.05. The monoisotopic (exact) mass is 362 g/mol. The molecule has 0 atom stereocenters. The summed E-state index contributed by atoms with van der Waals surface area (Å²) in [5.41, 5.74) is 0.788. The highest BCUT2D eigenvalue weighted by Crippen LogP contribution is 2.25. The molecule has 0 bridgehead atoms. The van der Waals surface area contributed by atoms with Crippen molar-refractivity contribution in [2.75, 3.05) is 26.7 Å². The van der Waals surface area contributed by atoms with Crippen LogP contribution in [-0.2, 0) is 10.2 Å². The van der Waals surface area contributed by atoms with Gasteiger partial charge in [-0.05, 0) is 45.4 Å². The first-order chi connectivity index (χ1) is 12.1. The number of ether oxygens (including phenoxy) is 1. The van der Waals surface area contributed by atoms with Gasteiger partial charge in [0.15, 0.2) is 5.96 Å². The zero-order valence-corrected chi connectivity index (χ0v) is 17.2. The number of guanidine groups is 1. The molecule has 0 radical (unpaired) electrons. The van der Waals surface area contributed by atoms with E-state index in [4.69, 9.17) is 4.74 Å². The van der Waals surface area contributed by atoms with Crippen LogP contribution in [0.3, 0.4) is 0 Å². The molecule has 3 N–H and O–H groups in total. The lowest BCUT2D eigenvalue weighted by Crippen LogP contribution is -2.45. The third-order valence-electron chi connectivity index (χ3n) is 3.79. The quantitative estimate of drug-likeness (QED) is 0.514. The molecule has 0 saturated heterocycles. The number of nitrogens with zero attached hydrogens (tertiary/aromatic N) is 1. The van der Waals surface area contributed by atoms with E-state index in [1.54, 1.807) is 7.11 Å². The number of methoxy groups -OCH3 is 1. The summed E-state index contributed by atoms with van der Waals surface area (Å²) in [4.78, 5) is 16.4. The van der Waals surface area contributed by atoms with E-state index in [-0.39, 0.29) is 23.4 Å². The van der Waals surface area contributed by atoms with Crippen LogP contribution in [0, 0.1) is 0 Å². The summed E-state index contributed by atoms with van der Waals surface area (Å²) in [7, 11) is 1.67. The molecular formula is C20H34N4O2. The van der Waals surface area contributed by atoms with Gasteiger partial charge < -0.3 is 20.7 Å². The smallest absolute Gasteiger partial charge is 0.242 e. The van der Waals surface area contributed by atoms with Gasteiger partial charge in [0.05, 0.1) is 7.11 Å². The highest BCUT2D eigenvalue weighted by molar-refractivity contribution is 5.85. The Morgan fingerprint density at radius 1 is 1.15 bits per heavy atom. The van der Waals surface area contributed by atoms with Crippen molar-refractivity contribution in [1.29, 1.82) is 0 Å². The van der Waals surface area contributed by atoms with E-state index in [0.29, 0.717) is 12.5 Å². The third-order valence-corrected chi connectivity index (χ3v) is 3.79. The highest BCUT2D eigenvalue weighted by atomic mass is 16.5. The van der Waals surface area contributed by atoms with Crippen molar-refractivity contribution in [2.45, 2.75) is 52.5 Å². The Bertz CT molecular complexity index is 618. The molecule has 1 aromatic rings. The summed E-state index contributed by atoms with van der Waals surface area (Å²) in [6.07, 6.45) is 0. The number of benzene rings is 1. The zero-order valence-electron chi connectivity index (χ0n) is 17.2. The Morgan fingerprint density at radius 3 is 2.42 bits per heavy atom. The van der Waals surface area contributed by atoms with E-state index in [2.05, 4.69) is 40.9 Å². The molecular weight excluding hydrogens is 328 g/mol. The molecule has 1 amide bonds. The number of carbonyl (C=O) groups excluding carboxylic acids is 1. The first kappa shape index (κ1) is 21.8. The molecule has 0 heterocycles. The maximum Gasteiger partial charge on any atom is 0.242 e. The standard InChI is InChI=1S/C20H34N4O2/c1-8-21-18(22-13-17(25)24-19(2,3)4)23-14-20(5,6)15-10-9-11-16(12-15)26-7/h9-12H,8,13-14H2,1-7H3,(H,24,25)(H2,21,22,23). The summed E-state index contributed by atoms with van der Waals surface area (Å²) in [6.45, 7) is 13.7. The number of aliphatic imine (C=N–C) groups is 1. The van der Waals surface area contributed by atoms with Crippen LogP contribution in [-0.4, -0.2) is 44.1 Å². The summed E-state index contributed by atoms with van der Waals surface area (Å²) >= 11 is 0. The molecule has 0 aliphatic heterocycles. The molecule has 0 spiro atoms. The number of amides is 1. The molecule has 26 heavy (non-hydrogen) atoms. The Kier molecular flexibility index (Phi) is 7.93. The molecule has 0 aliphatic carbocycles. The fraction of sp³-hybridized carbons (Fsp3) is 0.600. The lowest BCUT2D eigenvalue weighted by Gasteiger charge is -2.27. The molecule has 1 aromatic carbocycles. The van der Waals surface area contributed by atoms with Gasteiger partial charge in [-0.2, -0.15) is 0 Å². The molecule has 0 unspecified atom stereocenters. The van der Waals surface area contributed by atoms with Crippen LogP contribution in [0.25, 0.3) is 0 Å². The summed E-state index contributed by atoms with van der Waals surface area (Å²) in [6, 6.07) is 8.06. The van der Waals surface area contributed by atoms with Gasteiger partial charge >= 0.3 is 0 Å². The predicted octanol–water partition coefficient (Wildman–Crippen LogP) is 2.44. The second-order valence-electron chi connectivity index (χ2n) is 7.96. The van der Waals surface area contributed by atoms with Crippen molar-refractivity contribution >= 4 is 11.9 Å². The lowest BCUT2D eigenvalue weighted by atomic mass is 9.84. The molecule has 146 valence electrons. The van der Waals surface area contributed by atoms with Gasteiger partial charge in [0.25, 0.3) is 0 Å². The maximum atomic E-state index is 12.0. The fourth-order valence-corrected chi connectivity index (χ4v) is 2.40. The normalized spacial score (nSPS) is 12.5. The van der Waals surface area contributed by atoms with Crippen LogP contribution >= 0.6 is 0 Å². The Hall–Kier alpha value is -2.24. The second kappa shape index (κ2) is 9.46. The SMILES string of the molecule is CCNC(=NCC(=O)NC(C)(C)C)NCC(C)(C)c1cccc(OC)c1. The molecule has 0 saturated carbocycles. The zero-order chi connectivity index (χ0) is 19.8. The number of hydrogen-bond acceptors (Lipinski definition) is 3. The van der Waals surface area contributed by atoms with Gasteiger partial charge in [0, 0.05) is 24.0 Å². The Labute approximate surface area is 157 Å². The van der Waals surface area contributed by atoms with Gasteiger partial charge in [0.2, 0.25) is 5.91 Å². The van der Waals surface area contributed by atoms with Gasteiger partial charge in [-0.25, -0.2) is 4.99 Å². The van der Waals surface area contributed by atoms with Crippen molar-refractivity contribution in [3.05, 3.63) is 29.8 Å². The molecule has 6 heteroatoms. The number of nitrogens with one attached hydrogen (secondary N) is 3. The summed E-state index contributed by atoms with van der Waals surface area (Å²) in [5.74, 6) is 1.38. The van der Waals surface area contributed by atoms with Crippen LogP contribution in [0.2, 0.25) is 0 Å². The van der Waals surface area contributed by atoms with E-state index in [1.807, 2.05) is 45.9 Å². The van der Waals surface area contributed by atoms with Gasteiger partial charge in [-0.3, -0.25) is 4.79 Å². The van der Waals surface area contributed by atoms with E-state index >= 15 is 0 Å². The molecule has 0 aliphatic rings. The first-order valence-corrected chi connectivity index (χ1v) is 9.05. The Morgan fingerprint density at radius 2 is 1.85 bits per heavy atom. The molecule has 1 rings (SSSR count). The van der Waals surface area contributed by atoms with E-state index in [9.17, 15) is 4.79 Å².